The largest absolute Gasteiger partial charge is 0.412 e. The summed E-state index contributed by atoms with van der Waals surface area (Å²) < 4.78 is 0. The maximum Gasteiger partial charge on any atom is 0.291 e. The standard InChI is InChI=1S/Cr.HNO3.6H2O/c;2-1(3)4;;;;;;/h;(H,2,3,4);6*1H2. The van der Waals surface area contributed by atoms with Crippen molar-refractivity contribution in [3.05, 3.63) is 10.1 Å². The second-order valence-electron chi connectivity index (χ2n) is 0.238. The van der Waals surface area contributed by atoms with Crippen LogP contribution in [0.15, 0.2) is 0 Å². The number of hydrogen-bond acceptors (Lipinski definition) is 2. The summed E-state index contributed by atoms with van der Waals surface area (Å²) in [5.41, 5.74) is 0. The van der Waals surface area contributed by atoms with E-state index in [-0.39, 0.29) is 50.2 Å². The summed E-state index contributed by atoms with van der Waals surface area (Å²) in [6.45, 7) is 0. The Labute approximate surface area is 71.5 Å². The predicted octanol–water partition coefficient (Wildman–Crippen LogP) is -5.30. The van der Waals surface area contributed by atoms with E-state index in [0.717, 1.165) is 0 Å². The summed E-state index contributed by atoms with van der Waals surface area (Å²) >= 11 is 0. The fourth-order valence-electron chi connectivity index (χ4n) is 0. The Kier molecular flexibility index (Phi) is 1520. The van der Waals surface area contributed by atoms with Crippen LogP contribution >= 0.6 is 0 Å². The molecule has 0 fully saturated rings. The van der Waals surface area contributed by atoms with Crippen LogP contribution in [-0.4, -0.2) is 43.2 Å². The molecule has 13 N–H and O–H groups in total. The molecule has 0 rings (SSSR count). The van der Waals surface area contributed by atoms with Crippen LogP contribution in [0.2, 0.25) is 0 Å². The second-order valence-corrected chi connectivity index (χ2v) is 0.238. The van der Waals surface area contributed by atoms with E-state index in [9.17, 15) is 0 Å². The van der Waals surface area contributed by atoms with Gasteiger partial charge in [-0.05, 0) is 0 Å². The van der Waals surface area contributed by atoms with Crippen LogP contribution in [-0.2, 0) is 17.4 Å². The molecule has 0 aromatic heterocycles. The van der Waals surface area contributed by atoms with Crippen molar-refractivity contribution in [1.82, 2.24) is 0 Å². The van der Waals surface area contributed by atoms with E-state index in [2.05, 4.69) is 0 Å². The van der Waals surface area contributed by atoms with Crippen molar-refractivity contribution in [2.45, 2.75) is 0 Å². The van der Waals surface area contributed by atoms with E-state index in [1.807, 2.05) is 0 Å². The third-order valence-corrected chi connectivity index (χ3v) is 0. The van der Waals surface area contributed by atoms with Gasteiger partial charge in [0, 0.05) is 17.4 Å². The van der Waals surface area contributed by atoms with Crippen LogP contribution in [0.3, 0.4) is 0 Å². The van der Waals surface area contributed by atoms with Crippen LogP contribution in [0.5, 0.6) is 0 Å². The zero-order valence-corrected chi connectivity index (χ0v) is 6.39. The molecule has 0 unspecified atom stereocenters. The van der Waals surface area contributed by atoms with Gasteiger partial charge < -0.3 is 38.1 Å². The molecule has 10 nitrogen and oxygen atoms in total. The molecule has 0 heterocycles. The van der Waals surface area contributed by atoms with E-state index < -0.39 is 5.09 Å². The van der Waals surface area contributed by atoms with Gasteiger partial charge in [0.1, 0.15) is 0 Å². The Morgan fingerprint density at radius 2 is 0.909 bits per heavy atom. The van der Waals surface area contributed by atoms with Crippen molar-refractivity contribution in [3.8, 4) is 0 Å². The summed E-state index contributed by atoms with van der Waals surface area (Å²) in [4.78, 5) is 8.36. The van der Waals surface area contributed by atoms with E-state index >= 15 is 0 Å². The monoisotopic (exact) mass is 223 g/mol. The minimum atomic E-state index is -1.50. The van der Waals surface area contributed by atoms with E-state index in [0.29, 0.717) is 0 Å². The van der Waals surface area contributed by atoms with Gasteiger partial charge in [-0.15, -0.1) is 10.1 Å². The molecule has 11 heavy (non-hydrogen) atoms. The Morgan fingerprint density at radius 1 is 0.909 bits per heavy atom. The molecule has 78 valence electrons. The third-order valence-electron chi connectivity index (χ3n) is 0. The SMILES string of the molecule is O.O.O.O.O.O.O=[N+]([O-])O.[Cr]. The second kappa shape index (κ2) is 110. The first kappa shape index (κ1) is 152. The summed E-state index contributed by atoms with van der Waals surface area (Å²) in [5.74, 6) is 0. The third kappa shape index (κ3) is 2070. The predicted molar refractivity (Wildman–Crippen MR) is 30.5 cm³/mol. The van der Waals surface area contributed by atoms with E-state index in [1.54, 1.807) is 0 Å². The number of rotatable bonds is 0. The Bertz CT molecular complexity index is 32.5. The quantitative estimate of drug-likeness (QED) is 0.311. The minimum absolute atomic E-state index is 0. The molecule has 0 saturated carbocycles. The molecule has 0 bridgehead atoms. The van der Waals surface area contributed by atoms with Gasteiger partial charge in [-0.3, -0.25) is 0 Å². The van der Waals surface area contributed by atoms with Gasteiger partial charge in [0.25, 0.3) is 5.09 Å². The maximum absolute atomic E-state index is 8.36. The summed E-state index contributed by atoms with van der Waals surface area (Å²) in [5, 5.41) is 13.6. The zero-order valence-electron chi connectivity index (χ0n) is 5.12. The molecule has 0 radical (unpaired) electrons. The molecule has 0 amide bonds. The molecule has 0 aliphatic rings. The van der Waals surface area contributed by atoms with E-state index in [4.69, 9.17) is 15.3 Å². The molecular weight excluding hydrogens is 210 g/mol. The smallest absolute Gasteiger partial charge is 0.291 e. The molecule has 0 aliphatic carbocycles. The van der Waals surface area contributed by atoms with Crippen molar-refractivity contribution in [1.29, 1.82) is 0 Å². The van der Waals surface area contributed by atoms with Gasteiger partial charge in [-0.1, -0.05) is 0 Å². The first-order valence-electron chi connectivity index (χ1n) is 0.565. The van der Waals surface area contributed by atoms with Crippen LogP contribution in [0.4, 0.5) is 0 Å². The topological polar surface area (TPSA) is 252 Å². The molecule has 0 saturated heterocycles. The first-order chi connectivity index (χ1) is 1.73. The fraction of sp³-hybridized carbons (Fsp3) is 0. The summed E-state index contributed by atoms with van der Waals surface area (Å²) in [6, 6.07) is 0. The summed E-state index contributed by atoms with van der Waals surface area (Å²) in [7, 11) is 0. The fourth-order valence-corrected chi connectivity index (χ4v) is 0. The van der Waals surface area contributed by atoms with Gasteiger partial charge in [-0.2, -0.15) is 0 Å². The van der Waals surface area contributed by atoms with E-state index in [1.165, 1.54) is 0 Å². The van der Waals surface area contributed by atoms with Crippen LogP contribution in [0.25, 0.3) is 0 Å². The van der Waals surface area contributed by atoms with Crippen LogP contribution < -0.4 is 0 Å². The summed E-state index contributed by atoms with van der Waals surface area (Å²) in [6.07, 6.45) is 0. The molecule has 11 heteroatoms. The van der Waals surface area contributed by atoms with Gasteiger partial charge in [0.15, 0.2) is 0 Å². The molecule has 0 atom stereocenters. The van der Waals surface area contributed by atoms with Crippen molar-refractivity contribution < 1.29 is 60.5 Å². The first-order valence-corrected chi connectivity index (χ1v) is 0.565. The Morgan fingerprint density at radius 3 is 0.909 bits per heavy atom. The van der Waals surface area contributed by atoms with Gasteiger partial charge >= 0.3 is 0 Å². The molecular formula is H13CrNO9. The van der Waals surface area contributed by atoms with Crippen molar-refractivity contribution in [2.24, 2.45) is 0 Å². The minimum Gasteiger partial charge on any atom is -0.412 e. The Balaban J connectivity index is -0.00000000214. The van der Waals surface area contributed by atoms with Gasteiger partial charge in [0.05, 0.1) is 0 Å². The molecule has 0 spiro atoms. The number of hydrogen-bond donors (Lipinski definition) is 1. The molecule has 0 aromatic carbocycles. The van der Waals surface area contributed by atoms with Crippen molar-refractivity contribution >= 4 is 0 Å². The Hall–Kier alpha value is -0.508. The molecule has 0 aliphatic heterocycles. The van der Waals surface area contributed by atoms with Gasteiger partial charge in [0.2, 0.25) is 0 Å². The van der Waals surface area contributed by atoms with Crippen LogP contribution in [0.1, 0.15) is 0 Å². The number of nitrogens with zero attached hydrogens (tertiary/aromatic N) is 1. The zero-order chi connectivity index (χ0) is 3.58. The normalized spacial score (nSPS) is 2.18. The average molecular weight is 223 g/mol. The van der Waals surface area contributed by atoms with Gasteiger partial charge in [-0.25, -0.2) is 0 Å². The van der Waals surface area contributed by atoms with Crippen molar-refractivity contribution in [3.63, 3.8) is 0 Å². The van der Waals surface area contributed by atoms with Crippen LogP contribution in [0, 0.1) is 10.1 Å². The van der Waals surface area contributed by atoms with Crippen molar-refractivity contribution in [2.75, 3.05) is 0 Å². The molecule has 0 aromatic rings. The average Bonchev–Trinajstić information content (AvgIpc) is 0.811. The maximum atomic E-state index is 8.36.